The van der Waals surface area contributed by atoms with E-state index in [1.54, 1.807) is 7.11 Å². The number of aromatic nitrogens is 1. The molecule has 1 unspecified atom stereocenters. The number of methoxy groups -OCH3 is 1. The van der Waals surface area contributed by atoms with Crippen LogP contribution in [0.3, 0.4) is 0 Å². The lowest BCUT2D eigenvalue weighted by atomic mass is 10.1. The highest BCUT2D eigenvalue weighted by Crippen LogP contribution is 2.37. The zero-order valence-corrected chi connectivity index (χ0v) is 9.51. The van der Waals surface area contributed by atoms with Crippen LogP contribution in [0.5, 0.6) is 5.75 Å². The molecule has 3 rings (SSSR count). The molecule has 0 bridgehead atoms. The predicted octanol–water partition coefficient (Wildman–Crippen LogP) is 1.90. The molecule has 1 aromatic heterocycles. The Labute approximate surface area is 98.4 Å². The number of aliphatic hydroxyl groups excluding tert-OH is 1. The summed E-state index contributed by atoms with van der Waals surface area (Å²) in [5.41, 5.74) is 2.31. The lowest BCUT2D eigenvalue weighted by Crippen LogP contribution is -1.95. The van der Waals surface area contributed by atoms with Crippen LogP contribution in [0.25, 0.3) is 10.9 Å². The predicted molar refractivity (Wildman–Crippen MR) is 63.5 cm³/mol. The van der Waals surface area contributed by atoms with E-state index in [-0.39, 0.29) is 0 Å². The van der Waals surface area contributed by atoms with Gasteiger partial charge in [0.05, 0.1) is 18.9 Å². The number of rotatable bonds is 2. The van der Waals surface area contributed by atoms with Crippen molar-refractivity contribution < 1.29 is 14.6 Å². The van der Waals surface area contributed by atoms with Gasteiger partial charge in [-0.2, -0.15) is 0 Å². The van der Waals surface area contributed by atoms with E-state index in [4.69, 9.17) is 4.74 Å². The van der Waals surface area contributed by atoms with Crippen LogP contribution in [0.1, 0.15) is 28.6 Å². The fourth-order valence-electron chi connectivity index (χ4n) is 2.62. The molecule has 88 valence electrons. The van der Waals surface area contributed by atoms with E-state index in [0.29, 0.717) is 12.0 Å². The minimum Gasteiger partial charge on any atom is -0.497 e. The van der Waals surface area contributed by atoms with E-state index < -0.39 is 6.10 Å². The van der Waals surface area contributed by atoms with Crippen LogP contribution in [0.15, 0.2) is 18.2 Å². The topological polar surface area (TPSA) is 51.5 Å². The molecule has 1 aromatic carbocycles. The molecule has 2 heterocycles. The zero-order valence-electron chi connectivity index (χ0n) is 9.51. The number of ether oxygens (including phenoxy) is 1. The molecule has 17 heavy (non-hydrogen) atoms. The molecule has 1 N–H and O–H groups in total. The lowest BCUT2D eigenvalue weighted by molar-refractivity contribution is 0.111. The van der Waals surface area contributed by atoms with E-state index in [2.05, 4.69) is 0 Å². The third-order valence-corrected chi connectivity index (χ3v) is 3.41. The summed E-state index contributed by atoms with van der Waals surface area (Å²) in [7, 11) is 1.60. The second kappa shape index (κ2) is 3.60. The second-order valence-electron chi connectivity index (χ2n) is 4.26. The molecule has 0 aliphatic carbocycles. The highest BCUT2D eigenvalue weighted by atomic mass is 16.5. The highest BCUT2D eigenvalue weighted by Gasteiger charge is 2.27. The summed E-state index contributed by atoms with van der Waals surface area (Å²) in [5, 5.41) is 10.8. The maximum Gasteiger partial charge on any atom is 0.152 e. The summed E-state index contributed by atoms with van der Waals surface area (Å²) in [4.78, 5) is 11.2. The van der Waals surface area contributed by atoms with E-state index in [1.165, 1.54) is 0 Å². The number of carbonyl (C=O) groups is 1. The number of carbonyl (C=O) groups excluding carboxylic acids is 1. The Kier molecular flexibility index (Phi) is 2.19. The van der Waals surface area contributed by atoms with E-state index >= 15 is 0 Å². The Bertz CT molecular complexity index is 600. The van der Waals surface area contributed by atoms with E-state index in [9.17, 15) is 9.90 Å². The molecular weight excluding hydrogens is 218 g/mol. The first-order chi connectivity index (χ1) is 8.26. The third kappa shape index (κ3) is 1.31. The number of aldehydes is 1. The van der Waals surface area contributed by atoms with Gasteiger partial charge in [0.2, 0.25) is 0 Å². The van der Waals surface area contributed by atoms with Crippen LogP contribution in [0.4, 0.5) is 0 Å². The monoisotopic (exact) mass is 231 g/mol. The smallest absolute Gasteiger partial charge is 0.152 e. The Hall–Kier alpha value is -1.81. The molecule has 1 aliphatic rings. The molecule has 0 fully saturated rings. The van der Waals surface area contributed by atoms with Gasteiger partial charge in [-0.05, 0) is 24.6 Å². The standard InChI is InChI=1S/C13H13NO3/c1-17-8-2-3-11-9(6-8)10(7-15)13-12(16)4-5-14(11)13/h2-3,6-7,12,16H,4-5H2,1H3. The lowest BCUT2D eigenvalue weighted by Gasteiger charge is -2.02. The van der Waals surface area contributed by atoms with Crippen molar-refractivity contribution >= 4 is 17.2 Å². The van der Waals surface area contributed by atoms with Crippen molar-refractivity contribution in [1.82, 2.24) is 4.57 Å². The highest BCUT2D eigenvalue weighted by molar-refractivity contribution is 6.00. The number of fused-ring (bicyclic) bond motifs is 3. The summed E-state index contributed by atoms with van der Waals surface area (Å²) in [5.74, 6) is 0.722. The average Bonchev–Trinajstić information content (AvgIpc) is 2.87. The summed E-state index contributed by atoms with van der Waals surface area (Å²) in [6.07, 6.45) is 0.967. The SMILES string of the molecule is COc1ccc2c(c1)c(C=O)c1n2CCC1O. The summed E-state index contributed by atoms with van der Waals surface area (Å²) < 4.78 is 7.18. The van der Waals surface area contributed by atoms with Gasteiger partial charge >= 0.3 is 0 Å². The number of hydrogen-bond acceptors (Lipinski definition) is 3. The minimum atomic E-state index is -0.534. The van der Waals surface area contributed by atoms with Crippen LogP contribution >= 0.6 is 0 Å². The van der Waals surface area contributed by atoms with Crippen LogP contribution in [0.2, 0.25) is 0 Å². The van der Waals surface area contributed by atoms with E-state index in [1.807, 2.05) is 22.8 Å². The number of nitrogens with zero attached hydrogens (tertiary/aromatic N) is 1. The van der Waals surface area contributed by atoms with Gasteiger partial charge in [0.25, 0.3) is 0 Å². The first kappa shape index (κ1) is 10.4. The molecule has 0 amide bonds. The molecule has 0 radical (unpaired) electrons. The van der Waals surface area contributed by atoms with Gasteiger partial charge in [0.15, 0.2) is 6.29 Å². The Morgan fingerprint density at radius 3 is 3.06 bits per heavy atom. The second-order valence-corrected chi connectivity index (χ2v) is 4.26. The van der Waals surface area contributed by atoms with Crippen molar-refractivity contribution in [3.05, 3.63) is 29.5 Å². The number of benzene rings is 1. The maximum atomic E-state index is 11.2. The first-order valence-electron chi connectivity index (χ1n) is 5.59. The largest absolute Gasteiger partial charge is 0.497 e. The molecule has 4 heteroatoms. The van der Waals surface area contributed by atoms with Crippen LogP contribution in [-0.4, -0.2) is 23.1 Å². The van der Waals surface area contributed by atoms with Crippen molar-refractivity contribution in [1.29, 1.82) is 0 Å². The van der Waals surface area contributed by atoms with Crippen molar-refractivity contribution in [2.45, 2.75) is 19.1 Å². The number of aliphatic hydroxyl groups is 1. The quantitative estimate of drug-likeness (QED) is 0.803. The van der Waals surface area contributed by atoms with Gasteiger partial charge in [0.1, 0.15) is 5.75 Å². The molecule has 0 spiro atoms. The summed E-state index contributed by atoms with van der Waals surface area (Å²) in [6, 6.07) is 5.65. The Morgan fingerprint density at radius 1 is 1.53 bits per heavy atom. The molecule has 2 aromatic rings. The van der Waals surface area contributed by atoms with Gasteiger partial charge in [-0.1, -0.05) is 0 Å². The summed E-state index contributed by atoms with van der Waals surface area (Å²) >= 11 is 0. The molecule has 1 aliphatic heterocycles. The molecular formula is C13H13NO3. The fourth-order valence-corrected chi connectivity index (χ4v) is 2.62. The average molecular weight is 231 g/mol. The van der Waals surface area contributed by atoms with Crippen molar-refractivity contribution in [3.63, 3.8) is 0 Å². The molecule has 0 saturated heterocycles. The summed E-state index contributed by atoms with van der Waals surface area (Å²) in [6.45, 7) is 0.757. The maximum absolute atomic E-state index is 11.2. The fraction of sp³-hybridized carbons (Fsp3) is 0.308. The van der Waals surface area contributed by atoms with Crippen LogP contribution in [0, 0.1) is 0 Å². The van der Waals surface area contributed by atoms with Crippen LogP contribution in [-0.2, 0) is 6.54 Å². The third-order valence-electron chi connectivity index (χ3n) is 3.41. The minimum absolute atomic E-state index is 0.534. The zero-order chi connectivity index (χ0) is 12.0. The van der Waals surface area contributed by atoms with Crippen LogP contribution < -0.4 is 4.74 Å². The first-order valence-corrected chi connectivity index (χ1v) is 5.59. The van der Waals surface area contributed by atoms with Crippen molar-refractivity contribution in [2.75, 3.05) is 7.11 Å². The van der Waals surface area contributed by atoms with Crippen molar-refractivity contribution in [2.24, 2.45) is 0 Å². The molecule has 1 atom stereocenters. The Balaban J connectivity index is 2.37. The molecule has 4 nitrogen and oxygen atoms in total. The Morgan fingerprint density at radius 2 is 2.35 bits per heavy atom. The normalized spacial score (nSPS) is 18.4. The van der Waals surface area contributed by atoms with Gasteiger partial charge in [-0.15, -0.1) is 0 Å². The number of aryl methyl sites for hydroxylation is 1. The molecule has 0 saturated carbocycles. The van der Waals surface area contributed by atoms with Gasteiger partial charge in [-0.25, -0.2) is 0 Å². The van der Waals surface area contributed by atoms with Gasteiger partial charge in [0, 0.05) is 23.0 Å². The number of hydrogen-bond donors (Lipinski definition) is 1. The van der Waals surface area contributed by atoms with Crippen molar-refractivity contribution in [3.8, 4) is 5.75 Å². The van der Waals surface area contributed by atoms with Gasteiger partial charge < -0.3 is 14.4 Å². The van der Waals surface area contributed by atoms with Gasteiger partial charge in [-0.3, -0.25) is 4.79 Å². The van der Waals surface area contributed by atoms with E-state index in [0.717, 1.165) is 35.2 Å².